The number of hydrogen-bond donors (Lipinski definition) is 0. The lowest BCUT2D eigenvalue weighted by molar-refractivity contribution is 0.0786. The number of aryl methyl sites for hydroxylation is 1. The zero-order valence-corrected chi connectivity index (χ0v) is 13.2. The van der Waals surface area contributed by atoms with E-state index in [0.717, 1.165) is 5.56 Å². The summed E-state index contributed by atoms with van der Waals surface area (Å²) in [5.74, 6) is 0.0121. The molecular formula is C16H18N2O2S. The Morgan fingerprint density at radius 2 is 2.05 bits per heavy atom. The van der Waals surface area contributed by atoms with Crippen molar-refractivity contribution >= 4 is 23.5 Å². The van der Waals surface area contributed by atoms with E-state index in [4.69, 9.17) is 0 Å². The molecule has 2 aromatic rings. The van der Waals surface area contributed by atoms with Crippen LogP contribution in [0.15, 0.2) is 40.9 Å². The molecule has 21 heavy (non-hydrogen) atoms. The van der Waals surface area contributed by atoms with Crippen molar-refractivity contribution in [2.45, 2.75) is 13.5 Å². The molecule has 0 aliphatic rings. The first-order valence-electron chi connectivity index (χ1n) is 6.57. The van der Waals surface area contributed by atoms with Gasteiger partial charge in [-0.3, -0.25) is 4.79 Å². The number of amides is 1. The number of thiophene rings is 1. The highest BCUT2D eigenvalue weighted by atomic mass is 32.1. The molecule has 0 bridgehead atoms. The van der Waals surface area contributed by atoms with Crippen molar-refractivity contribution in [2.75, 3.05) is 14.2 Å². The van der Waals surface area contributed by atoms with Crippen LogP contribution in [0.25, 0.3) is 0 Å². The molecule has 0 aliphatic carbocycles. The number of oxime groups is 1. The second-order valence-electron chi connectivity index (χ2n) is 4.73. The summed E-state index contributed by atoms with van der Waals surface area (Å²) in [5.41, 5.74) is 2.79. The third-order valence-electron chi connectivity index (χ3n) is 3.16. The number of carbonyl (C=O) groups is 1. The Hall–Kier alpha value is -2.14. The van der Waals surface area contributed by atoms with Crippen LogP contribution in [0.1, 0.15) is 26.4 Å². The van der Waals surface area contributed by atoms with Gasteiger partial charge < -0.3 is 9.74 Å². The molecule has 1 aromatic heterocycles. The molecule has 0 saturated heterocycles. The molecule has 1 heterocycles. The Kier molecular flexibility index (Phi) is 5.11. The maximum absolute atomic E-state index is 12.4. The van der Waals surface area contributed by atoms with Gasteiger partial charge in [-0.05, 0) is 41.6 Å². The van der Waals surface area contributed by atoms with Gasteiger partial charge in [0.25, 0.3) is 5.91 Å². The summed E-state index contributed by atoms with van der Waals surface area (Å²) in [6.45, 7) is 2.70. The van der Waals surface area contributed by atoms with Crippen molar-refractivity contribution in [3.05, 3.63) is 57.3 Å². The van der Waals surface area contributed by atoms with Gasteiger partial charge in [-0.25, -0.2) is 0 Å². The maximum Gasteiger partial charge on any atom is 0.253 e. The molecular weight excluding hydrogens is 284 g/mol. The van der Waals surface area contributed by atoms with E-state index in [9.17, 15) is 4.79 Å². The lowest BCUT2D eigenvalue weighted by atomic mass is 10.1. The van der Waals surface area contributed by atoms with Gasteiger partial charge in [-0.2, -0.15) is 0 Å². The van der Waals surface area contributed by atoms with E-state index in [0.29, 0.717) is 12.1 Å². The van der Waals surface area contributed by atoms with Crippen LogP contribution in [0.2, 0.25) is 0 Å². The predicted molar refractivity (Wildman–Crippen MR) is 85.9 cm³/mol. The smallest absolute Gasteiger partial charge is 0.253 e. The zero-order chi connectivity index (χ0) is 15.2. The van der Waals surface area contributed by atoms with Crippen molar-refractivity contribution in [1.29, 1.82) is 0 Å². The van der Waals surface area contributed by atoms with Gasteiger partial charge in [0.15, 0.2) is 0 Å². The highest BCUT2D eigenvalue weighted by molar-refractivity contribution is 7.10. The molecule has 1 amide bonds. The van der Waals surface area contributed by atoms with Crippen LogP contribution in [-0.4, -0.2) is 31.2 Å². The lowest BCUT2D eigenvalue weighted by Crippen LogP contribution is -2.26. The average Bonchev–Trinajstić information content (AvgIpc) is 2.90. The minimum absolute atomic E-state index is 0.0121. The zero-order valence-electron chi connectivity index (χ0n) is 12.4. The first-order valence-corrected chi connectivity index (χ1v) is 7.45. The summed E-state index contributed by atoms with van der Waals surface area (Å²) >= 11 is 1.68. The van der Waals surface area contributed by atoms with Gasteiger partial charge in [0.05, 0.1) is 12.8 Å². The summed E-state index contributed by atoms with van der Waals surface area (Å²) in [6, 6.07) is 9.37. The topological polar surface area (TPSA) is 41.9 Å². The number of carbonyl (C=O) groups excluding carboxylic acids is 1. The second kappa shape index (κ2) is 7.04. The van der Waals surface area contributed by atoms with Crippen molar-refractivity contribution in [3.8, 4) is 0 Å². The number of nitrogens with zero attached hydrogens (tertiary/aromatic N) is 2. The first-order chi connectivity index (χ1) is 10.1. The molecule has 0 radical (unpaired) electrons. The van der Waals surface area contributed by atoms with Crippen LogP contribution in [0.4, 0.5) is 0 Å². The molecule has 0 atom stereocenters. The Balaban J connectivity index is 2.05. The molecule has 0 N–H and O–H groups in total. The number of benzene rings is 1. The highest BCUT2D eigenvalue weighted by Crippen LogP contribution is 2.18. The predicted octanol–water partition coefficient (Wildman–Crippen LogP) is 3.31. The van der Waals surface area contributed by atoms with Crippen LogP contribution in [-0.2, 0) is 11.4 Å². The van der Waals surface area contributed by atoms with Crippen molar-refractivity contribution in [3.63, 3.8) is 0 Å². The minimum atomic E-state index is 0.0121. The fraction of sp³-hybridized carbons (Fsp3) is 0.250. The van der Waals surface area contributed by atoms with Gasteiger partial charge in [0.1, 0.15) is 7.11 Å². The maximum atomic E-state index is 12.4. The third-order valence-corrected chi connectivity index (χ3v) is 4.17. The standard InChI is InChI=1S/C16H18N2O2S/c1-12-8-9-21-15(12)11-18(2)16(19)14-6-4-13(5-7-14)10-17-20-3/h4-10H,11H2,1-3H3/b17-10+. The van der Waals surface area contributed by atoms with Crippen molar-refractivity contribution in [1.82, 2.24) is 4.90 Å². The Morgan fingerprint density at radius 3 is 2.62 bits per heavy atom. The van der Waals surface area contributed by atoms with Crippen LogP contribution >= 0.6 is 11.3 Å². The normalized spacial score (nSPS) is 10.8. The summed E-state index contributed by atoms with van der Waals surface area (Å²) < 4.78 is 0. The number of rotatable bonds is 5. The van der Waals surface area contributed by atoms with Gasteiger partial charge in [-0.1, -0.05) is 17.3 Å². The largest absolute Gasteiger partial charge is 0.399 e. The summed E-state index contributed by atoms with van der Waals surface area (Å²) in [4.78, 5) is 20.0. The lowest BCUT2D eigenvalue weighted by Gasteiger charge is -2.17. The van der Waals surface area contributed by atoms with Gasteiger partial charge in [0.2, 0.25) is 0 Å². The van der Waals surface area contributed by atoms with Crippen LogP contribution < -0.4 is 0 Å². The molecule has 0 spiro atoms. The highest BCUT2D eigenvalue weighted by Gasteiger charge is 2.13. The fourth-order valence-corrected chi connectivity index (χ4v) is 2.86. The molecule has 110 valence electrons. The van der Waals surface area contributed by atoms with E-state index in [1.807, 2.05) is 24.6 Å². The van der Waals surface area contributed by atoms with Crippen LogP contribution in [0.3, 0.4) is 0 Å². The SMILES string of the molecule is CO/N=C/c1ccc(C(=O)N(C)Cc2sccc2C)cc1. The average molecular weight is 302 g/mol. The van der Waals surface area contributed by atoms with E-state index < -0.39 is 0 Å². The molecule has 1 aromatic carbocycles. The van der Waals surface area contributed by atoms with Crippen molar-refractivity contribution in [2.24, 2.45) is 5.16 Å². The van der Waals surface area contributed by atoms with Crippen LogP contribution in [0, 0.1) is 6.92 Å². The Bertz CT molecular complexity index is 632. The second-order valence-corrected chi connectivity index (χ2v) is 5.73. The van der Waals surface area contributed by atoms with Gasteiger partial charge in [-0.15, -0.1) is 11.3 Å². The molecule has 5 heteroatoms. The number of hydrogen-bond acceptors (Lipinski definition) is 4. The Labute approximate surface area is 128 Å². The molecule has 0 saturated carbocycles. The molecule has 4 nitrogen and oxygen atoms in total. The molecule has 0 fully saturated rings. The Morgan fingerprint density at radius 1 is 1.33 bits per heavy atom. The van der Waals surface area contributed by atoms with Gasteiger partial charge in [0, 0.05) is 17.5 Å². The minimum Gasteiger partial charge on any atom is -0.399 e. The quantitative estimate of drug-likeness (QED) is 0.628. The van der Waals surface area contributed by atoms with E-state index in [-0.39, 0.29) is 5.91 Å². The molecule has 0 aliphatic heterocycles. The fourth-order valence-electron chi connectivity index (χ4n) is 1.90. The first kappa shape index (κ1) is 15.3. The van der Waals surface area contributed by atoms with Gasteiger partial charge >= 0.3 is 0 Å². The van der Waals surface area contributed by atoms with E-state index in [1.54, 1.807) is 34.6 Å². The van der Waals surface area contributed by atoms with Crippen LogP contribution in [0.5, 0.6) is 0 Å². The third kappa shape index (κ3) is 3.92. The summed E-state index contributed by atoms with van der Waals surface area (Å²) in [7, 11) is 3.32. The van der Waals surface area contributed by atoms with Crippen molar-refractivity contribution < 1.29 is 9.63 Å². The van der Waals surface area contributed by atoms with E-state index >= 15 is 0 Å². The van der Waals surface area contributed by atoms with E-state index in [1.165, 1.54) is 17.6 Å². The molecule has 2 rings (SSSR count). The molecule has 0 unspecified atom stereocenters. The monoisotopic (exact) mass is 302 g/mol. The van der Waals surface area contributed by atoms with E-state index in [2.05, 4.69) is 23.0 Å². The summed E-state index contributed by atoms with van der Waals surface area (Å²) in [5, 5.41) is 5.74. The summed E-state index contributed by atoms with van der Waals surface area (Å²) in [6.07, 6.45) is 1.60.